The van der Waals surface area contributed by atoms with E-state index in [-0.39, 0.29) is 18.5 Å². The fraction of sp³-hybridized carbons (Fsp3) is 0.481. The van der Waals surface area contributed by atoms with Gasteiger partial charge in [0.05, 0.1) is 5.41 Å². The number of carbonyl (C=O) groups excluding carboxylic acids is 2. The molecule has 0 aromatic heterocycles. The smallest absolute Gasteiger partial charge is 0.312 e. The van der Waals surface area contributed by atoms with Crippen LogP contribution in [0.5, 0.6) is 5.75 Å². The van der Waals surface area contributed by atoms with E-state index in [0.29, 0.717) is 39.0 Å². The van der Waals surface area contributed by atoms with E-state index in [1.54, 1.807) is 0 Å². The summed E-state index contributed by atoms with van der Waals surface area (Å²) in [6, 6.07) is 18.2. The summed E-state index contributed by atoms with van der Waals surface area (Å²) in [5, 5.41) is 0. The van der Waals surface area contributed by atoms with Gasteiger partial charge in [0, 0.05) is 19.5 Å². The van der Waals surface area contributed by atoms with Crippen molar-refractivity contribution in [3.63, 3.8) is 0 Å². The molecule has 0 atom stereocenters. The lowest BCUT2D eigenvalue weighted by Crippen LogP contribution is -2.47. The number of rotatable bonds is 3. The standard InChI is InChI=1S/C27H33NO4/c29-25(14-13-22-8-2-1-3-9-22)28-18-16-27(17-19-28)15-7-6-11-23-10-4-5-12-24(23)31-20-21-32-26(27)30/h1-5,8-10,12H,6-7,11,13-21H2. The molecule has 0 unspecified atom stereocenters. The average Bonchev–Trinajstić information content (AvgIpc) is 2.84. The third-order valence-electron chi connectivity index (χ3n) is 6.87. The number of amides is 1. The molecular weight excluding hydrogens is 402 g/mol. The summed E-state index contributed by atoms with van der Waals surface area (Å²) in [5.41, 5.74) is 1.92. The first-order chi connectivity index (χ1) is 15.7. The van der Waals surface area contributed by atoms with E-state index in [1.807, 2.05) is 41.3 Å². The fourth-order valence-electron chi connectivity index (χ4n) is 4.86. The Labute approximate surface area is 190 Å². The van der Waals surface area contributed by atoms with Crippen LogP contribution in [-0.2, 0) is 27.2 Å². The van der Waals surface area contributed by atoms with E-state index < -0.39 is 5.41 Å². The van der Waals surface area contributed by atoms with Gasteiger partial charge in [-0.15, -0.1) is 0 Å². The van der Waals surface area contributed by atoms with Crippen molar-refractivity contribution in [2.75, 3.05) is 26.3 Å². The zero-order valence-electron chi connectivity index (χ0n) is 18.8. The number of piperidine rings is 1. The maximum absolute atomic E-state index is 13.1. The van der Waals surface area contributed by atoms with Crippen LogP contribution in [0.3, 0.4) is 0 Å². The second-order valence-electron chi connectivity index (χ2n) is 8.95. The molecule has 1 saturated heterocycles. The van der Waals surface area contributed by atoms with E-state index >= 15 is 0 Å². The predicted molar refractivity (Wildman–Crippen MR) is 123 cm³/mol. The summed E-state index contributed by atoms with van der Waals surface area (Å²) in [6.07, 6.45) is 6.37. The Morgan fingerprint density at radius 3 is 2.41 bits per heavy atom. The van der Waals surface area contributed by atoms with Crippen molar-refractivity contribution in [1.82, 2.24) is 4.90 Å². The molecule has 5 nitrogen and oxygen atoms in total. The minimum atomic E-state index is -0.477. The second-order valence-corrected chi connectivity index (χ2v) is 8.95. The normalized spacial score (nSPS) is 19.1. The molecule has 0 saturated carbocycles. The largest absolute Gasteiger partial charge is 0.490 e. The van der Waals surface area contributed by atoms with Gasteiger partial charge in [-0.2, -0.15) is 0 Å². The van der Waals surface area contributed by atoms with Gasteiger partial charge in [0.2, 0.25) is 5.91 Å². The van der Waals surface area contributed by atoms with E-state index in [2.05, 4.69) is 18.2 Å². The number of aryl methyl sites for hydroxylation is 2. The number of nitrogens with zero attached hydrogens (tertiary/aromatic N) is 1. The van der Waals surface area contributed by atoms with Gasteiger partial charge in [-0.05, 0) is 55.7 Å². The van der Waals surface area contributed by atoms with Crippen molar-refractivity contribution in [1.29, 1.82) is 0 Å². The summed E-state index contributed by atoms with van der Waals surface area (Å²) in [7, 11) is 0. The lowest BCUT2D eigenvalue weighted by molar-refractivity contribution is -0.162. The van der Waals surface area contributed by atoms with Gasteiger partial charge in [-0.1, -0.05) is 55.0 Å². The van der Waals surface area contributed by atoms with Crippen molar-refractivity contribution in [2.45, 2.75) is 51.4 Å². The van der Waals surface area contributed by atoms with Crippen LogP contribution < -0.4 is 4.74 Å². The highest BCUT2D eigenvalue weighted by molar-refractivity contribution is 5.79. The fourth-order valence-corrected chi connectivity index (χ4v) is 4.86. The Morgan fingerprint density at radius 2 is 1.59 bits per heavy atom. The summed E-state index contributed by atoms with van der Waals surface area (Å²) >= 11 is 0. The van der Waals surface area contributed by atoms with Crippen LogP contribution >= 0.6 is 0 Å². The SMILES string of the molecule is O=C(CCc1ccccc1)N1CCC2(CCCCc3ccccc3OCCOC2=O)CC1. The third kappa shape index (κ3) is 5.50. The molecule has 0 N–H and O–H groups in total. The molecule has 4 rings (SSSR count). The van der Waals surface area contributed by atoms with Gasteiger partial charge in [0.1, 0.15) is 19.0 Å². The molecular formula is C27H33NO4. The van der Waals surface area contributed by atoms with Crippen molar-refractivity contribution < 1.29 is 19.1 Å². The number of esters is 1. The van der Waals surface area contributed by atoms with Crippen molar-refractivity contribution in [3.05, 3.63) is 65.7 Å². The molecule has 2 aliphatic heterocycles. The molecule has 1 fully saturated rings. The van der Waals surface area contributed by atoms with Crippen molar-refractivity contribution in [3.8, 4) is 5.75 Å². The van der Waals surface area contributed by atoms with E-state index in [1.165, 1.54) is 11.1 Å². The first kappa shape index (κ1) is 22.4. The van der Waals surface area contributed by atoms with Crippen LogP contribution in [-0.4, -0.2) is 43.1 Å². The minimum Gasteiger partial charge on any atom is -0.490 e. The van der Waals surface area contributed by atoms with Crippen LogP contribution in [0.15, 0.2) is 54.6 Å². The Morgan fingerprint density at radius 1 is 0.875 bits per heavy atom. The highest BCUT2D eigenvalue weighted by atomic mass is 16.6. The van der Waals surface area contributed by atoms with Crippen LogP contribution in [0, 0.1) is 5.41 Å². The number of ether oxygens (including phenoxy) is 2. The predicted octanol–water partition coefficient (Wildman–Crippen LogP) is 4.58. The second kappa shape index (κ2) is 10.7. The van der Waals surface area contributed by atoms with Gasteiger partial charge in [0.15, 0.2) is 0 Å². The molecule has 1 amide bonds. The maximum atomic E-state index is 13.1. The number of para-hydroxylation sites is 1. The number of fused-ring (bicyclic) bond motifs is 1. The van der Waals surface area contributed by atoms with Gasteiger partial charge >= 0.3 is 5.97 Å². The number of hydrogen-bond acceptors (Lipinski definition) is 4. The van der Waals surface area contributed by atoms with Gasteiger partial charge < -0.3 is 14.4 Å². The van der Waals surface area contributed by atoms with Crippen LogP contribution in [0.4, 0.5) is 0 Å². The molecule has 0 bridgehead atoms. The van der Waals surface area contributed by atoms with Crippen molar-refractivity contribution in [2.24, 2.45) is 5.41 Å². The van der Waals surface area contributed by atoms with E-state index in [4.69, 9.17) is 9.47 Å². The number of likely N-dealkylation sites (tertiary alicyclic amines) is 1. The molecule has 0 radical (unpaired) electrons. The minimum absolute atomic E-state index is 0.119. The summed E-state index contributed by atoms with van der Waals surface area (Å²) in [5.74, 6) is 0.947. The number of benzene rings is 2. The third-order valence-corrected chi connectivity index (χ3v) is 6.87. The quantitative estimate of drug-likeness (QED) is 0.663. The highest BCUT2D eigenvalue weighted by Gasteiger charge is 2.43. The first-order valence-corrected chi connectivity index (χ1v) is 11.9. The summed E-state index contributed by atoms with van der Waals surface area (Å²) in [6.45, 7) is 1.88. The Hall–Kier alpha value is -2.82. The maximum Gasteiger partial charge on any atom is 0.312 e. The molecule has 5 heteroatoms. The Balaban J connectivity index is 1.33. The molecule has 2 aromatic rings. The zero-order chi connectivity index (χ0) is 22.2. The lowest BCUT2D eigenvalue weighted by atomic mass is 9.74. The lowest BCUT2D eigenvalue weighted by Gasteiger charge is -2.40. The molecule has 170 valence electrons. The monoisotopic (exact) mass is 435 g/mol. The first-order valence-electron chi connectivity index (χ1n) is 11.9. The molecule has 0 aliphatic carbocycles. The van der Waals surface area contributed by atoms with E-state index in [0.717, 1.165) is 37.9 Å². The average molecular weight is 436 g/mol. The molecule has 1 spiro atoms. The number of cyclic esters (lactones) is 1. The van der Waals surface area contributed by atoms with E-state index in [9.17, 15) is 9.59 Å². The van der Waals surface area contributed by atoms with Crippen LogP contribution in [0.1, 0.15) is 49.7 Å². The van der Waals surface area contributed by atoms with Gasteiger partial charge in [-0.25, -0.2) is 0 Å². The molecule has 2 aliphatic rings. The summed E-state index contributed by atoms with van der Waals surface area (Å²) in [4.78, 5) is 27.7. The number of hydrogen-bond donors (Lipinski definition) is 0. The van der Waals surface area contributed by atoms with Gasteiger partial charge in [-0.3, -0.25) is 9.59 Å². The molecule has 2 aromatic carbocycles. The topological polar surface area (TPSA) is 55.8 Å². The molecule has 2 heterocycles. The highest BCUT2D eigenvalue weighted by Crippen LogP contribution is 2.39. The zero-order valence-corrected chi connectivity index (χ0v) is 18.8. The van der Waals surface area contributed by atoms with Crippen LogP contribution in [0.25, 0.3) is 0 Å². The van der Waals surface area contributed by atoms with Crippen LogP contribution in [0.2, 0.25) is 0 Å². The van der Waals surface area contributed by atoms with Gasteiger partial charge in [0.25, 0.3) is 0 Å². The Kier molecular flexibility index (Phi) is 7.46. The molecule has 32 heavy (non-hydrogen) atoms. The number of carbonyl (C=O) groups is 2. The summed E-state index contributed by atoms with van der Waals surface area (Å²) < 4.78 is 11.5. The Bertz CT molecular complexity index is 903. The van der Waals surface area contributed by atoms with Crippen molar-refractivity contribution >= 4 is 11.9 Å².